The highest BCUT2D eigenvalue weighted by atomic mass is 32.2. The summed E-state index contributed by atoms with van der Waals surface area (Å²) >= 11 is 0. The zero-order valence-electron chi connectivity index (χ0n) is 15.3. The molecule has 6 nitrogen and oxygen atoms in total. The first-order chi connectivity index (χ1) is 12.3. The van der Waals surface area contributed by atoms with Crippen LogP contribution in [0, 0.1) is 0 Å². The first-order valence-electron chi connectivity index (χ1n) is 8.35. The fraction of sp³-hybridized carbons (Fsp3) is 0.316. The average Bonchev–Trinajstić information content (AvgIpc) is 2.62. The third-order valence-corrected chi connectivity index (χ3v) is 5.06. The molecular weight excluding hydrogens is 352 g/mol. The molecular formula is C19H24N2O4S. The van der Waals surface area contributed by atoms with E-state index >= 15 is 0 Å². The van der Waals surface area contributed by atoms with Crippen molar-refractivity contribution in [3.8, 4) is 5.75 Å². The number of carbonyl (C=O) groups is 1. The number of nitrogens with zero attached hydrogens (tertiary/aromatic N) is 2. The van der Waals surface area contributed by atoms with E-state index in [9.17, 15) is 13.2 Å². The Hall–Kier alpha value is -2.54. The summed E-state index contributed by atoms with van der Waals surface area (Å²) < 4.78 is 31.3. The molecule has 0 fully saturated rings. The van der Waals surface area contributed by atoms with E-state index in [0.29, 0.717) is 18.0 Å². The molecule has 0 aliphatic rings. The summed E-state index contributed by atoms with van der Waals surface area (Å²) in [7, 11) is -1.89. The van der Waals surface area contributed by atoms with Gasteiger partial charge in [0.1, 0.15) is 5.75 Å². The van der Waals surface area contributed by atoms with Crippen LogP contribution in [0.15, 0.2) is 54.6 Å². The minimum atomic E-state index is -3.56. The molecule has 0 saturated carbocycles. The number of carbonyl (C=O) groups excluding carboxylic acids is 1. The number of sulfonamides is 1. The lowest BCUT2D eigenvalue weighted by Crippen LogP contribution is -2.35. The number of hydrogen-bond donors (Lipinski definition) is 0. The van der Waals surface area contributed by atoms with Crippen molar-refractivity contribution in [3.05, 3.63) is 54.6 Å². The number of anilines is 2. The van der Waals surface area contributed by atoms with Gasteiger partial charge in [-0.1, -0.05) is 30.3 Å². The van der Waals surface area contributed by atoms with Crippen molar-refractivity contribution in [3.63, 3.8) is 0 Å². The van der Waals surface area contributed by atoms with Crippen LogP contribution in [0.3, 0.4) is 0 Å². The van der Waals surface area contributed by atoms with Crippen LogP contribution >= 0.6 is 0 Å². The van der Waals surface area contributed by atoms with Crippen LogP contribution < -0.4 is 13.9 Å². The van der Waals surface area contributed by atoms with Crippen LogP contribution in [0.4, 0.5) is 11.4 Å². The second-order valence-corrected chi connectivity index (χ2v) is 7.68. The molecule has 1 amide bonds. The normalized spacial score (nSPS) is 11.0. The van der Waals surface area contributed by atoms with Gasteiger partial charge in [-0.05, 0) is 31.2 Å². The second kappa shape index (κ2) is 8.71. The van der Waals surface area contributed by atoms with Crippen molar-refractivity contribution < 1.29 is 17.9 Å². The summed E-state index contributed by atoms with van der Waals surface area (Å²) in [5.41, 5.74) is 1.20. The zero-order valence-corrected chi connectivity index (χ0v) is 16.1. The molecule has 0 unspecified atom stereocenters. The Morgan fingerprint density at radius 1 is 1.04 bits per heavy atom. The number of benzene rings is 2. The monoisotopic (exact) mass is 376 g/mol. The van der Waals surface area contributed by atoms with Gasteiger partial charge in [-0.25, -0.2) is 8.42 Å². The van der Waals surface area contributed by atoms with Gasteiger partial charge in [0.25, 0.3) is 0 Å². The maximum Gasteiger partial charge on any atom is 0.232 e. The molecule has 0 spiro atoms. The van der Waals surface area contributed by atoms with E-state index < -0.39 is 10.0 Å². The van der Waals surface area contributed by atoms with E-state index in [1.54, 1.807) is 31.3 Å². The molecule has 0 aliphatic carbocycles. The van der Waals surface area contributed by atoms with Crippen molar-refractivity contribution >= 4 is 27.3 Å². The van der Waals surface area contributed by atoms with E-state index in [1.165, 1.54) is 9.21 Å². The Morgan fingerprint density at radius 2 is 1.65 bits per heavy atom. The van der Waals surface area contributed by atoms with Gasteiger partial charge in [-0.3, -0.25) is 9.10 Å². The Labute approximate surface area is 155 Å². The topological polar surface area (TPSA) is 66.9 Å². The lowest BCUT2D eigenvalue weighted by molar-refractivity contribution is -0.118. The molecule has 0 bridgehead atoms. The average molecular weight is 376 g/mol. The molecule has 0 atom stereocenters. The third kappa shape index (κ3) is 4.98. The second-order valence-electron chi connectivity index (χ2n) is 5.77. The van der Waals surface area contributed by atoms with E-state index in [2.05, 4.69) is 0 Å². The number of ether oxygens (including phenoxy) is 1. The van der Waals surface area contributed by atoms with Crippen LogP contribution in [0.2, 0.25) is 0 Å². The minimum absolute atomic E-state index is 0.0406. The van der Waals surface area contributed by atoms with Crippen molar-refractivity contribution in [1.82, 2.24) is 0 Å². The number of amides is 1. The zero-order chi connectivity index (χ0) is 19.2. The van der Waals surface area contributed by atoms with Crippen LogP contribution in [0.1, 0.15) is 13.3 Å². The summed E-state index contributed by atoms with van der Waals surface area (Å²) in [6, 6.07) is 16.1. The highest BCUT2D eigenvalue weighted by Gasteiger charge is 2.23. The van der Waals surface area contributed by atoms with E-state index in [-0.39, 0.29) is 18.9 Å². The Bertz CT molecular complexity index is 838. The van der Waals surface area contributed by atoms with Crippen molar-refractivity contribution in [1.29, 1.82) is 0 Å². The molecule has 0 aliphatic heterocycles. The van der Waals surface area contributed by atoms with Crippen LogP contribution in [0.25, 0.3) is 0 Å². The summed E-state index contributed by atoms with van der Waals surface area (Å²) in [5, 5.41) is 0. The van der Waals surface area contributed by atoms with Crippen molar-refractivity contribution in [2.45, 2.75) is 13.3 Å². The number of rotatable bonds is 8. The number of para-hydroxylation sites is 3. The molecule has 0 N–H and O–H groups in total. The van der Waals surface area contributed by atoms with E-state index in [1.807, 2.05) is 37.3 Å². The Balaban J connectivity index is 2.19. The molecule has 0 saturated heterocycles. The molecule has 7 heteroatoms. The first kappa shape index (κ1) is 19.8. The quantitative estimate of drug-likeness (QED) is 0.710. The van der Waals surface area contributed by atoms with Gasteiger partial charge in [-0.15, -0.1) is 0 Å². The highest BCUT2D eigenvalue weighted by Crippen LogP contribution is 2.30. The standard InChI is InChI=1S/C19H24N2O4S/c1-4-25-18-13-9-8-12-17(18)21(26(3,23)24)15-14-19(22)20(2)16-10-6-5-7-11-16/h5-13H,4,14-15H2,1-3H3. The van der Waals surface area contributed by atoms with Gasteiger partial charge < -0.3 is 9.64 Å². The van der Waals surface area contributed by atoms with Crippen molar-refractivity contribution in [2.75, 3.05) is 35.7 Å². The van der Waals surface area contributed by atoms with Gasteiger partial charge in [0.05, 0.1) is 18.6 Å². The van der Waals surface area contributed by atoms with Crippen LogP contribution in [-0.2, 0) is 14.8 Å². The first-order valence-corrected chi connectivity index (χ1v) is 10.2. The van der Waals surface area contributed by atoms with Crippen LogP contribution in [0.5, 0.6) is 5.75 Å². The molecule has 0 radical (unpaired) electrons. The largest absolute Gasteiger partial charge is 0.492 e. The maximum atomic E-state index is 12.5. The molecule has 140 valence electrons. The summed E-state index contributed by atoms with van der Waals surface area (Å²) in [6.07, 6.45) is 1.18. The predicted molar refractivity (Wildman–Crippen MR) is 104 cm³/mol. The lowest BCUT2D eigenvalue weighted by atomic mass is 10.2. The predicted octanol–water partition coefficient (Wildman–Crippen LogP) is 2.90. The molecule has 0 aromatic heterocycles. The van der Waals surface area contributed by atoms with Gasteiger partial charge in [-0.2, -0.15) is 0 Å². The summed E-state index contributed by atoms with van der Waals surface area (Å²) in [5.74, 6) is 0.308. The fourth-order valence-corrected chi connectivity index (χ4v) is 3.50. The third-order valence-electron chi connectivity index (χ3n) is 3.88. The molecule has 2 aromatic rings. The Kier molecular flexibility index (Phi) is 6.63. The molecule has 2 rings (SSSR count). The summed E-state index contributed by atoms with van der Waals surface area (Å²) in [6.45, 7) is 2.29. The minimum Gasteiger partial charge on any atom is -0.492 e. The van der Waals surface area contributed by atoms with Gasteiger partial charge in [0, 0.05) is 25.7 Å². The molecule has 26 heavy (non-hydrogen) atoms. The Morgan fingerprint density at radius 3 is 2.27 bits per heavy atom. The summed E-state index contributed by atoms with van der Waals surface area (Å²) in [4.78, 5) is 14.0. The SMILES string of the molecule is CCOc1ccccc1N(CCC(=O)N(C)c1ccccc1)S(C)(=O)=O. The number of hydrogen-bond acceptors (Lipinski definition) is 4. The van der Waals surface area contributed by atoms with E-state index in [0.717, 1.165) is 11.9 Å². The smallest absolute Gasteiger partial charge is 0.232 e. The van der Waals surface area contributed by atoms with Gasteiger partial charge in [0.15, 0.2) is 0 Å². The van der Waals surface area contributed by atoms with Gasteiger partial charge in [0.2, 0.25) is 15.9 Å². The fourth-order valence-electron chi connectivity index (χ4n) is 2.57. The van der Waals surface area contributed by atoms with Crippen molar-refractivity contribution in [2.24, 2.45) is 0 Å². The molecule has 0 heterocycles. The van der Waals surface area contributed by atoms with Crippen LogP contribution in [-0.4, -0.2) is 40.8 Å². The maximum absolute atomic E-state index is 12.5. The lowest BCUT2D eigenvalue weighted by Gasteiger charge is -2.25. The molecule has 2 aromatic carbocycles. The van der Waals surface area contributed by atoms with Gasteiger partial charge >= 0.3 is 0 Å². The van der Waals surface area contributed by atoms with E-state index in [4.69, 9.17) is 4.74 Å². The highest BCUT2D eigenvalue weighted by molar-refractivity contribution is 7.92.